The summed E-state index contributed by atoms with van der Waals surface area (Å²) >= 11 is 5.39. The first kappa shape index (κ1) is 20.7. The van der Waals surface area contributed by atoms with Crippen LogP contribution in [0.15, 0.2) is 71.5 Å². The van der Waals surface area contributed by atoms with E-state index < -0.39 is 11.7 Å². The third-order valence-electron chi connectivity index (χ3n) is 5.14. The second-order valence-electron chi connectivity index (χ2n) is 7.30. The van der Waals surface area contributed by atoms with Gasteiger partial charge in [0.25, 0.3) is 11.5 Å². The molecule has 0 unspecified atom stereocenters. The van der Waals surface area contributed by atoms with Gasteiger partial charge in [-0.2, -0.15) is 0 Å². The summed E-state index contributed by atoms with van der Waals surface area (Å²) < 4.78 is 15.6. The Morgan fingerprint density at radius 3 is 2.61 bits per heavy atom. The number of carbonyl (C=O) groups excluding carboxylic acids is 1. The van der Waals surface area contributed by atoms with Crippen LogP contribution in [-0.4, -0.2) is 15.5 Å². The van der Waals surface area contributed by atoms with Crippen LogP contribution >= 0.6 is 12.2 Å². The van der Waals surface area contributed by atoms with Crippen molar-refractivity contribution in [1.29, 1.82) is 0 Å². The Labute approximate surface area is 183 Å². The fraction of sp³-hybridized carbons (Fsp3) is 0.125. The monoisotopic (exact) mass is 433 g/mol. The van der Waals surface area contributed by atoms with Crippen molar-refractivity contribution in [2.75, 3.05) is 5.32 Å². The topological polar surface area (TPSA) is 66.9 Å². The quantitative estimate of drug-likeness (QED) is 0.435. The van der Waals surface area contributed by atoms with Crippen molar-refractivity contribution in [1.82, 2.24) is 9.55 Å². The average molecular weight is 434 g/mol. The molecular weight excluding hydrogens is 413 g/mol. The highest BCUT2D eigenvalue weighted by molar-refractivity contribution is 7.71. The first-order valence-corrected chi connectivity index (χ1v) is 10.2. The number of hydrogen-bond acceptors (Lipinski definition) is 3. The average Bonchev–Trinajstić information content (AvgIpc) is 2.76. The molecule has 0 saturated heterocycles. The lowest BCUT2D eigenvalue weighted by Gasteiger charge is -2.10. The summed E-state index contributed by atoms with van der Waals surface area (Å²) in [6.07, 6.45) is 0.678. The molecule has 0 fully saturated rings. The van der Waals surface area contributed by atoms with Gasteiger partial charge in [-0.3, -0.25) is 14.2 Å². The number of carbonyl (C=O) groups is 1. The van der Waals surface area contributed by atoms with Gasteiger partial charge in [0.15, 0.2) is 4.77 Å². The lowest BCUT2D eigenvalue weighted by atomic mass is 10.1. The number of aryl methyl sites for hydroxylation is 2. The summed E-state index contributed by atoms with van der Waals surface area (Å²) in [6, 6.07) is 19.1. The van der Waals surface area contributed by atoms with Crippen LogP contribution in [0, 0.1) is 17.5 Å². The summed E-state index contributed by atoms with van der Waals surface area (Å²) in [4.78, 5) is 28.6. The minimum absolute atomic E-state index is 0.206. The molecule has 0 saturated carbocycles. The summed E-state index contributed by atoms with van der Waals surface area (Å²) in [5.41, 5.74) is 2.58. The molecule has 0 spiro atoms. The van der Waals surface area contributed by atoms with E-state index in [-0.39, 0.29) is 5.56 Å². The largest absolute Gasteiger partial charge is 0.332 e. The number of aromatic amines is 1. The molecule has 0 aliphatic rings. The fourth-order valence-corrected chi connectivity index (χ4v) is 3.64. The molecule has 5 nitrogen and oxygen atoms in total. The number of hydrogen-bond donors (Lipinski definition) is 2. The van der Waals surface area contributed by atoms with E-state index in [2.05, 4.69) is 10.3 Å². The highest BCUT2D eigenvalue weighted by Crippen LogP contribution is 2.16. The predicted molar refractivity (Wildman–Crippen MR) is 123 cm³/mol. The number of aromatic nitrogens is 2. The molecule has 1 amide bonds. The summed E-state index contributed by atoms with van der Waals surface area (Å²) in [6.45, 7) is 2.11. The van der Waals surface area contributed by atoms with Gasteiger partial charge < -0.3 is 10.3 Å². The Hall–Kier alpha value is -3.58. The molecule has 0 bridgehead atoms. The highest BCUT2D eigenvalue weighted by Gasteiger charge is 2.12. The van der Waals surface area contributed by atoms with Gasteiger partial charge in [-0.15, -0.1) is 0 Å². The second kappa shape index (κ2) is 8.65. The molecule has 4 rings (SSSR count). The Morgan fingerprint density at radius 1 is 1.10 bits per heavy atom. The Balaban J connectivity index is 1.60. The minimum atomic E-state index is -0.405. The van der Waals surface area contributed by atoms with E-state index in [0.717, 1.165) is 5.56 Å². The van der Waals surface area contributed by atoms with Gasteiger partial charge >= 0.3 is 0 Å². The van der Waals surface area contributed by atoms with Crippen molar-refractivity contribution >= 4 is 34.7 Å². The summed E-state index contributed by atoms with van der Waals surface area (Å²) in [5, 5.41) is 3.11. The Kier molecular flexibility index (Phi) is 5.77. The van der Waals surface area contributed by atoms with Crippen LogP contribution in [0.5, 0.6) is 0 Å². The molecule has 0 aliphatic heterocycles. The third-order valence-corrected chi connectivity index (χ3v) is 5.46. The van der Waals surface area contributed by atoms with E-state index in [1.165, 1.54) is 10.6 Å². The molecule has 2 N–H and O–H groups in total. The smallest absolute Gasteiger partial charge is 0.262 e. The van der Waals surface area contributed by atoms with E-state index in [0.29, 0.717) is 45.5 Å². The third kappa shape index (κ3) is 4.46. The molecule has 0 radical (unpaired) electrons. The number of nitrogens with zero attached hydrogens (tertiary/aromatic N) is 1. The molecule has 4 aromatic rings. The fourth-order valence-electron chi connectivity index (χ4n) is 3.36. The number of rotatable bonds is 5. The van der Waals surface area contributed by atoms with Crippen LogP contribution in [0.4, 0.5) is 10.1 Å². The first-order valence-electron chi connectivity index (χ1n) is 9.81. The number of benzene rings is 3. The molecule has 0 aliphatic carbocycles. The Bertz CT molecular complexity index is 1390. The van der Waals surface area contributed by atoms with Crippen molar-refractivity contribution in [3.8, 4) is 0 Å². The van der Waals surface area contributed by atoms with Crippen molar-refractivity contribution in [3.05, 3.63) is 104 Å². The zero-order chi connectivity index (χ0) is 22.0. The van der Waals surface area contributed by atoms with Crippen molar-refractivity contribution in [3.63, 3.8) is 0 Å². The van der Waals surface area contributed by atoms with Crippen molar-refractivity contribution in [2.45, 2.75) is 19.9 Å². The maximum absolute atomic E-state index is 13.7. The minimum Gasteiger partial charge on any atom is -0.332 e. The molecule has 1 heterocycles. The van der Waals surface area contributed by atoms with Crippen LogP contribution in [0.1, 0.15) is 21.5 Å². The maximum atomic E-state index is 13.7. The second-order valence-corrected chi connectivity index (χ2v) is 7.69. The standard InChI is InChI=1S/C24H20FN3O2S/c1-15-7-9-18(14-20(15)25)26-22(29)17-8-10-19-21(13-17)27-24(31)28(23(19)30)12-11-16-5-3-2-4-6-16/h2-10,13-14H,11-12H2,1H3,(H,26,29)(H,27,31). The molecular formula is C24H20FN3O2S. The molecule has 0 atom stereocenters. The van der Waals surface area contributed by atoms with E-state index >= 15 is 0 Å². The SMILES string of the molecule is Cc1ccc(NC(=O)c2ccc3c(=O)n(CCc4ccccc4)c(=S)[nH]c3c2)cc1F. The van der Waals surface area contributed by atoms with Gasteiger partial charge in [0.05, 0.1) is 10.9 Å². The number of halogens is 1. The summed E-state index contributed by atoms with van der Waals surface area (Å²) in [7, 11) is 0. The van der Waals surface area contributed by atoms with Gasteiger partial charge in [0.2, 0.25) is 0 Å². The lowest BCUT2D eigenvalue weighted by Crippen LogP contribution is -2.23. The van der Waals surface area contributed by atoms with E-state index in [1.54, 1.807) is 37.3 Å². The number of fused-ring (bicyclic) bond motifs is 1. The van der Waals surface area contributed by atoms with Gasteiger partial charge in [-0.05, 0) is 67.0 Å². The zero-order valence-corrected chi connectivity index (χ0v) is 17.6. The summed E-state index contributed by atoms with van der Waals surface area (Å²) in [5.74, 6) is -0.797. The van der Waals surface area contributed by atoms with Crippen LogP contribution in [0.3, 0.4) is 0 Å². The molecule has 156 valence electrons. The molecule has 31 heavy (non-hydrogen) atoms. The van der Waals surface area contributed by atoms with Crippen LogP contribution in [-0.2, 0) is 13.0 Å². The van der Waals surface area contributed by atoms with Crippen LogP contribution < -0.4 is 10.9 Å². The molecule has 3 aromatic carbocycles. The van der Waals surface area contributed by atoms with Gasteiger partial charge in [0.1, 0.15) is 5.82 Å². The van der Waals surface area contributed by atoms with E-state index in [1.807, 2.05) is 30.3 Å². The van der Waals surface area contributed by atoms with E-state index in [9.17, 15) is 14.0 Å². The number of amides is 1. The van der Waals surface area contributed by atoms with Crippen molar-refractivity contribution < 1.29 is 9.18 Å². The van der Waals surface area contributed by atoms with Gasteiger partial charge in [-0.25, -0.2) is 4.39 Å². The van der Waals surface area contributed by atoms with Gasteiger partial charge in [0, 0.05) is 17.8 Å². The van der Waals surface area contributed by atoms with Gasteiger partial charge in [-0.1, -0.05) is 36.4 Å². The van der Waals surface area contributed by atoms with Crippen molar-refractivity contribution in [2.24, 2.45) is 0 Å². The zero-order valence-electron chi connectivity index (χ0n) is 16.8. The maximum Gasteiger partial charge on any atom is 0.262 e. The van der Waals surface area contributed by atoms with Crippen LogP contribution in [0.25, 0.3) is 10.9 Å². The first-order chi connectivity index (χ1) is 14.9. The molecule has 7 heteroatoms. The van der Waals surface area contributed by atoms with Crippen LogP contribution in [0.2, 0.25) is 0 Å². The normalized spacial score (nSPS) is 10.9. The number of H-pyrrole nitrogens is 1. The number of anilines is 1. The Morgan fingerprint density at radius 2 is 1.87 bits per heavy atom. The number of nitrogens with one attached hydrogen (secondary N) is 2. The predicted octanol–water partition coefficient (Wildman–Crippen LogP) is 5.00. The lowest BCUT2D eigenvalue weighted by molar-refractivity contribution is 0.102. The highest BCUT2D eigenvalue weighted by atomic mass is 32.1. The van der Waals surface area contributed by atoms with E-state index in [4.69, 9.17) is 12.2 Å². The molecule has 1 aromatic heterocycles.